The summed E-state index contributed by atoms with van der Waals surface area (Å²) in [5.74, 6) is 1.69. The minimum Gasteiger partial charge on any atom is -0.454 e. The van der Waals surface area contributed by atoms with E-state index in [4.69, 9.17) is 4.74 Å². The van der Waals surface area contributed by atoms with Gasteiger partial charge in [0.15, 0.2) is 5.75 Å². The smallest absolute Gasteiger partial charge is 0.165 e. The maximum atomic E-state index is 5.94. The summed E-state index contributed by atoms with van der Waals surface area (Å²) in [6.07, 6.45) is 5.91. The number of rotatable bonds is 8. The van der Waals surface area contributed by atoms with Crippen molar-refractivity contribution in [2.24, 2.45) is 0 Å². The SMILES string of the molecule is CCCNCc1ccccc1Oc1cnn(CCC)c1. The molecular weight excluding hydrogens is 250 g/mol. The monoisotopic (exact) mass is 273 g/mol. The van der Waals surface area contributed by atoms with Gasteiger partial charge >= 0.3 is 0 Å². The van der Waals surface area contributed by atoms with Crippen molar-refractivity contribution in [1.29, 1.82) is 0 Å². The van der Waals surface area contributed by atoms with Crippen LogP contribution >= 0.6 is 0 Å². The van der Waals surface area contributed by atoms with Crippen molar-refractivity contribution >= 4 is 0 Å². The van der Waals surface area contributed by atoms with E-state index in [9.17, 15) is 0 Å². The molecule has 0 unspecified atom stereocenters. The highest BCUT2D eigenvalue weighted by Gasteiger charge is 2.05. The highest BCUT2D eigenvalue weighted by atomic mass is 16.5. The second-order valence-corrected chi connectivity index (χ2v) is 4.83. The van der Waals surface area contributed by atoms with Crippen LogP contribution in [0.1, 0.15) is 32.3 Å². The van der Waals surface area contributed by atoms with Crippen LogP contribution in [0.3, 0.4) is 0 Å². The van der Waals surface area contributed by atoms with Gasteiger partial charge in [-0.15, -0.1) is 0 Å². The standard InChI is InChI=1S/C16H23N3O/c1-3-9-17-11-14-7-5-6-8-16(14)20-15-12-18-19(13-15)10-4-2/h5-8,12-13,17H,3-4,9-11H2,1-2H3. The molecule has 4 heteroatoms. The molecule has 0 fully saturated rings. The van der Waals surface area contributed by atoms with Crippen molar-refractivity contribution in [3.05, 3.63) is 42.2 Å². The first-order valence-corrected chi connectivity index (χ1v) is 7.32. The number of aryl methyl sites for hydroxylation is 1. The Hall–Kier alpha value is -1.81. The van der Waals surface area contributed by atoms with E-state index in [0.29, 0.717) is 0 Å². The summed E-state index contributed by atoms with van der Waals surface area (Å²) in [7, 11) is 0. The Balaban J connectivity index is 2.03. The van der Waals surface area contributed by atoms with E-state index in [1.54, 1.807) is 6.20 Å². The molecule has 1 aromatic heterocycles. The van der Waals surface area contributed by atoms with Gasteiger partial charge in [-0.25, -0.2) is 0 Å². The average Bonchev–Trinajstić information content (AvgIpc) is 2.89. The summed E-state index contributed by atoms with van der Waals surface area (Å²) in [5.41, 5.74) is 1.17. The van der Waals surface area contributed by atoms with Crippen LogP contribution in [-0.2, 0) is 13.1 Å². The van der Waals surface area contributed by atoms with Crippen LogP contribution in [0.2, 0.25) is 0 Å². The normalized spacial score (nSPS) is 10.7. The minimum absolute atomic E-state index is 0.793. The van der Waals surface area contributed by atoms with E-state index < -0.39 is 0 Å². The van der Waals surface area contributed by atoms with Crippen LogP contribution in [0.25, 0.3) is 0 Å². The molecule has 0 aliphatic carbocycles. The van der Waals surface area contributed by atoms with Gasteiger partial charge in [0.05, 0.1) is 12.4 Å². The zero-order valence-electron chi connectivity index (χ0n) is 12.3. The molecule has 0 atom stereocenters. The van der Waals surface area contributed by atoms with Crippen molar-refractivity contribution in [1.82, 2.24) is 15.1 Å². The lowest BCUT2D eigenvalue weighted by Crippen LogP contribution is -2.14. The molecule has 0 aliphatic rings. The molecule has 0 amide bonds. The molecule has 4 nitrogen and oxygen atoms in total. The number of benzene rings is 1. The van der Waals surface area contributed by atoms with E-state index in [1.807, 2.05) is 29.1 Å². The summed E-state index contributed by atoms with van der Waals surface area (Å²) >= 11 is 0. The third-order valence-corrected chi connectivity index (χ3v) is 3.00. The fraction of sp³-hybridized carbons (Fsp3) is 0.438. The van der Waals surface area contributed by atoms with E-state index in [0.717, 1.165) is 44.0 Å². The van der Waals surface area contributed by atoms with Crippen molar-refractivity contribution in [2.75, 3.05) is 6.54 Å². The summed E-state index contributed by atoms with van der Waals surface area (Å²) in [4.78, 5) is 0. The second kappa shape index (κ2) is 7.70. The summed E-state index contributed by atoms with van der Waals surface area (Å²) < 4.78 is 7.85. The van der Waals surface area contributed by atoms with Gasteiger partial charge in [-0.05, 0) is 25.5 Å². The zero-order valence-corrected chi connectivity index (χ0v) is 12.3. The molecule has 1 heterocycles. The van der Waals surface area contributed by atoms with Crippen LogP contribution in [-0.4, -0.2) is 16.3 Å². The van der Waals surface area contributed by atoms with Gasteiger partial charge < -0.3 is 10.1 Å². The lowest BCUT2D eigenvalue weighted by molar-refractivity contribution is 0.471. The van der Waals surface area contributed by atoms with Gasteiger partial charge in [0.25, 0.3) is 0 Å². The molecule has 0 saturated carbocycles. The van der Waals surface area contributed by atoms with Gasteiger partial charge in [0.1, 0.15) is 5.75 Å². The maximum Gasteiger partial charge on any atom is 0.165 e. The Kier molecular flexibility index (Phi) is 5.62. The number of hydrogen-bond donors (Lipinski definition) is 1. The summed E-state index contributed by atoms with van der Waals surface area (Å²) in [6.45, 7) is 7.06. The fourth-order valence-electron chi connectivity index (χ4n) is 2.02. The Morgan fingerprint density at radius 1 is 1.20 bits per heavy atom. The molecule has 0 saturated heterocycles. The molecule has 0 bridgehead atoms. The van der Waals surface area contributed by atoms with Gasteiger partial charge in [-0.1, -0.05) is 32.0 Å². The average molecular weight is 273 g/mol. The first kappa shape index (κ1) is 14.6. The van der Waals surface area contributed by atoms with Gasteiger partial charge in [0, 0.05) is 18.7 Å². The maximum absolute atomic E-state index is 5.94. The van der Waals surface area contributed by atoms with Crippen molar-refractivity contribution in [3.8, 4) is 11.5 Å². The number of hydrogen-bond acceptors (Lipinski definition) is 3. The third-order valence-electron chi connectivity index (χ3n) is 3.00. The van der Waals surface area contributed by atoms with Crippen LogP contribution in [0, 0.1) is 0 Å². The first-order valence-electron chi connectivity index (χ1n) is 7.32. The summed E-state index contributed by atoms with van der Waals surface area (Å²) in [6, 6.07) is 8.13. The Morgan fingerprint density at radius 3 is 2.85 bits per heavy atom. The molecule has 1 aromatic carbocycles. The molecule has 0 aliphatic heterocycles. The molecule has 0 spiro atoms. The second-order valence-electron chi connectivity index (χ2n) is 4.83. The highest BCUT2D eigenvalue weighted by Crippen LogP contribution is 2.24. The predicted molar refractivity (Wildman–Crippen MR) is 81.0 cm³/mol. The quantitative estimate of drug-likeness (QED) is 0.747. The lowest BCUT2D eigenvalue weighted by atomic mass is 10.2. The number of para-hydroxylation sites is 1. The Labute approximate surface area is 120 Å². The number of ether oxygens (including phenoxy) is 1. The van der Waals surface area contributed by atoms with Crippen molar-refractivity contribution < 1.29 is 4.74 Å². The lowest BCUT2D eigenvalue weighted by Gasteiger charge is -2.10. The molecule has 2 rings (SSSR count). The number of nitrogens with zero attached hydrogens (tertiary/aromatic N) is 2. The van der Waals surface area contributed by atoms with Gasteiger partial charge in [-0.2, -0.15) is 5.10 Å². The van der Waals surface area contributed by atoms with Crippen LogP contribution < -0.4 is 10.1 Å². The van der Waals surface area contributed by atoms with Crippen LogP contribution in [0.5, 0.6) is 11.5 Å². The fourth-order valence-corrected chi connectivity index (χ4v) is 2.02. The molecule has 0 radical (unpaired) electrons. The Bertz CT molecular complexity index is 522. The largest absolute Gasteiger partial charge is 0.454 e. The molecule has 2 aromatic rings. The molecule has 108 valence electrons. The minimum atomic E-state index is 0.793. The zero-order chi connectivity index (χ0) is 14.2. The number of nitrogens with one attached hydrogen (secondary N) is 1. The third kappa shape index (κ3) is 4.10. The van der Waals surface area contributed by atoms with Gasteiger partial charge in [-0.3, -0.25) is 4.68 Å². The van der Waals surface area contributed by atoms with Crippen LogP contribution in [0.4, 0.5) is 0 Å². The van der Waals surface area contributed by atoms with Crippen LogP contribution in [0.15, 0.2) is 36.7 Å². The van der Waals surface area contributed by atoms with E-state index in [2.05, 4.69) is 30.3 Å². The first-order chi connectivity index (χ1) is 9.83. The predicted octanol–water partition coefficient (Wildman–Crippen LogP) is 3.59. The molecular formula is C16H23N3O. The van der Waals surface area contributed by atoms with E-state index >= 15 is 0 Å². The molecule has 1 N–H and O–H groups in total. The highest BCUT2D eigenvalue weighted by molar-refractivity contribution is 5.36. The summed E-state index contributed by atoms with van der Waals surface area (Å²) in [5, 5.41) is 7.69. The van der Waals surface area contributed by atoms with E-state index in [-0.39, 0.29) is 0 Å². The van der Waals surface area contributed by atoms with Gasteiger partial charge in [0.2, 0.25) is 0 Å². The van der Waals surface area contributed by atoms with Crippen molar-refractivity contribution in [3.63, 3.8) is 0 Å². The van der Waals surface area contributed by atoms with E-state index in [1.165, 1.54) is 5.56 Å². The topological polar surface area (TPSA) is 39.1 Å². The molecule has 20 heavy (non-hydrogen) atoms. The number of aromatic nitrogens is 2. The van der Waals surface area contributed by atoms with Crippen molar-refractivity contribution in [2.45, 2.75) is 39.8 Å². The Morgan fingerprint density at radius 2 is 2.05 bits per heavy atom.